The van der Waals surface area contributed by atoms with Crippen molar-refractivity contribution in [1.82, 2.24) is 0 Å². The second-order valence-electron chi connectivity index (χ2n) is 3.93. The monoisotopic (exact) mass is 218 g/mol. The maximum absolute atomic E-state index is 5.58. The molecule has 0 fully saturated rings. The van der Waals surface area contributed by atoms with Crippen molar-refractivity contribution in [3.8, 4) is 11.5 Å². The Hall–Kier alpha value is -1.44. The molecule has 1 aromatic rings. The van der Waals surface area contributed by atoms with Crippen LogP contribution in [-0.2, 0) is 6.42 Å². The van der Waals surface area contributed by atoms with Gasteiger partial charge in [-0.2, -0.15) is 0 Å². The molecule has 0 aromatic heterocycles. The summed E-state index contributed by atoms with van der Waals surface area (Å²) < 4.78 is 10.9. The summed E-state index contributed by atoms with van der Waals surface area (Å²) in [6, 6.07) is 4.19. The summed E-state index contributed by atoms with van der Waals surface area (Å²) in [5, 5.41) is 0. The predicted octanol–water partition coefficient (Wildman–Crippen LogP) is 3.44. The Bertz CT molecular complexity index is 394. The number of rotatable bonds is 3. The Kier molecular flexibility index (Phi) is 3.50. The van der Waals surface area contributed by atoms with Gasteiger partial charge >= 0.3 is 0 Å². The Morgan fingerprint density at radius 3 is 2.88 bits per heavy atom. The smallest absolute Gasteiger partial charge is 0.161 e. The fraction of sp³-hybridized carbons (Fsp3) is 0.429. The molecule has 0 heterocycles. The zero-order chi connectivity index (χ0) is 11.4. The average molecular weight is 218 g/mol. The van der Waals surface area contributed by atoms with Crippen LogP contribution in [0.15, 0.2) is 18.2 Å². The van der Waals surface area contributed by atoms with E-state index < -0.39 is 0 Å². The molecule has 1 aliphatic carbocycles. The first-order valence-electron chi connectivity index (χ1n) is 5.85. The Balaban J connectivity index is 2.42. The second-order valence-corrected chi connectivity index (χ2v) is 3.93. The van der Waals surface area contributed by atoms with Gasteiger partial charge in [0.2, 0.25) is 0 Å². The Morgan fingerprint density at radius 2 is 2.12 bits per heavy atom. The highest BCUT2D eigenvalue weighted by molar-refractivity contribution is 5.61. The van der Waals surface area contributed by atoms with Crippen LogP contribution in [0.1, 0.15) is 30.9 Å². The van der Waals surface area contributed by atoms with Crippen LogP contribution in [0.2, 0.25) is 0 Å². The van der Waals surface area contributed by atoms with Crippen molar-refractivity contribution in [2.24, 2.45) is 0 Å². The van der Waals surface area contributed by atoms with Crippen molar-refractivity contribution in [3.63, 3.8) is 0 Å². The summed E-state index contributed by atoms with van der Waals surface area (Å²) in [5.74, 6) is 1.69. The zero-order valence-electron chi connectivity index (χ0n) is 9.95. The maximum Gasteiger partial charge on any atom is 0.161 e. The van der Waals surface area contributed by atoms with Crippen LogP contribution >= 0.6 is 0 Å². The standard InChI is InChI=1S/C14H18O2/c1-3-16-14-10-12-8-6-4-5-7-11(12)9-13(14)15-2/h6,8-10H,3-5,7H2,1-2H3. The van der Waals surface area contributed by atoms with Crippen LogP contribution in [0.3, 0.4) is 0 Å². The Labute approximate surface area is 96.9 Å². The minimum Gasteiger partial charge on any atom is -0.493 e. The lowest BCUT2D eigenvalue weighted by Crippen LogP contribution is -1.98. The molecule has 1 aromatic carbocycles. The second kappa shape index (κ2) is 5.06. The van der Waals surface area contributed by atoms with Gasteiger partial charge in [-0.05, 0) is 49.4 Å². The molecular weight excluding hydrogens is 200 g/mol. The van der Waals surface area contributed by atoms with Gasteiger partial charge in [-0.1, -0.05) is 12.2 Å². The summed E-state index contributed by atoms with van der Waals surface area (Å²) in [6.45, 7) is 2.65. The van der Waals surface area contributed by atoms with E-state index in [2.05, 4.69) is 24.3 Å². The fourth-order valence-corrected chi connectivity index (χ4v) is 2.04. The van der Waals surface area contributed by atoms with Crippen molar-refractivity contribution in [1.29, 1.82) is 0 Å². The molecule has 2 rings (SSSR count). The molecule has 0 radical (unpaired) electrons. The first kappa shape index (κ1) is 11.1. The predicted molar refractivity (Wildman–Crippen MR) is 66.1 cm³/mol. The van der Waals surface area contributed by atoms with Gasteiger partial charge in [0.05, 0.1) is 13.7 Å². The highest BCUT2D eigenvalue weighted by atomic mass is 16.5. The van der Waals surface area contributed by atoms with Gasteiger partial charge in [0, 0.05) is 0 Å². The molecule has 86 valence electrons. The first-order chi connectivity index (χ1) is 7.85. The largest absolute Gasteiger partial charge is 0.493 e. The van der Waals surface area contributed by atoms with Crippen LogP contribution in [0, 0.1) is 0 Å². The van der Waals surface area contributed by atoms with E-state index in [0.717, 1.165) is 24.3 Å². The summed E-state index contributed by atoms with van der Waals surface area (Å²) in [4.78, 5) is 0. The SMILES string of the molecule is CCOc1cc2c(cc1OC)CCCC=C2. The highest BCUT2D eigenvalue weighted by Gasteiger charge is 2.11. The van der Waals surface area contributed by atoms with E-state index in [1.807, 2.05) is 6.92 Å². The minimum absolute atomic E-state index is 0.666. The molecule has 0 atom stereocenters. The van der Waals surface area contributed by atoms with E-state index in [-0.39, 0.29) is 0 Å². The normalized spacial score (nSPS) is 14.1. The van der Waals surface area contributed by atoms with Crippen molar-refractivity contribution in [2.75, 3.05) is 13.7 Å². The van der Waals surface area contributed by atoms with Gasteiger partial charge in [0.1, 0.15) is 0 Å². The number of fused-ring (bicyclic) bond motifs is 1. The molecule has 1 aliphatic rings. The van der Waals surface area contributed by atoms with Crippen LogP contribution in [-0.4, -0.2) is 13.7 Å². The molecule has 0 spiro atoms. The number of hydrogen-bond donors (Lipinski definition) is 0. The molecule has 0 amide bonds. The van der Waals surface area contributed by atoms with E-state index in [9.17, 15) is 0 Å². The van der Waals surface area contributed by atoms with E-state index in [0.29, 0.717) is 6.61 Å². The lowest BCUT2D eigenvalue weighted by Gasteiger charge is -2.13. The van der Waals surface area contributed by atoms with Crippen LogP contribution in [0.5, 0.6) is 11.5 Å². The number of methoxy groups -OCH3 is 1. The van der Waals surface area contributed by atoms with Gasteiger partial charge in [0.25, 0.3) is 0 Å². The third-order valence-electron chi connectivity index (χ3n) is 2.84. The number of hydrogen-bond acceptors (Lipinski definition) is 2. The van der Waals surface area contributed by atoms with E-state index in [4.69, 9.17) is 9.47 Å². The summed E-state index contributed by atoms with van der Waals surface area (Å²) in [7, 11) is 1.69. The molecule has 0 unspecified atom stereocenters. The van der Waals surface area contributed by atoms with Gasteiger partial charge in [0.15, 0.2) is 11.5 Å². The van der Waals surface area contributed by atoms with Gasteiger partial charge in [-0.15, -0.1) is 0 Å². The summed E-state index contributed by atoms with van der Waals surface area (Å²) in [5.41, 5.74) is 2.62. The Morgan fingerprint density at radius 1 is 1.25 bits per heavy atom. The lowest BCUT2D eigenvalue weighted by atomic mass is 10.0. The molecule has 0 bridgehead atoms. The first-order valence-corrected chi connectivity index (χ1v) is 5.85. The number of ether oxygens (including phenoxy) is 2. The van der Waals surface area contributed by atoms with Gasteiger partial charge in [-0.25, -0.2) is 0 Å². The molecule has 0 aliphatic heterocycles. The molecular formula is C14H18O2. The van der Waals surface area contributed by atoms with E-state index in [1.165, 1.54) is 17.5 Å². The lowest BCUT2D eigenvalue weighted by molar-refractivity contribution is 0.310. The van der Waals surface area contributed by atoms with Gasteiger partial charge < -0.3 is 9.47 Å². The van der Waals surface area contributed by atoms with Crippen molar-refractivity contribution in [2.45, 2.75) is 26.2 Å². The molecule has 0 N–H and O–H groups in total. The van der Waals surface area contributed by atoms with Crippen molar-refractivity contribution in [3.05, 3.63) is 29.3 Å². The fourth-order valence-electron chi connectivity index (χ4n) is 2.04. The van der Waals surface area contributed by atoms with Crippen LogP contribution in [0.4, 0.5) is 0 Å². The molecule has 2 nitrogen and oxygen atoms in total. The number of allylic oxidation sites excluding steroid dienone is 1. The third-order valence-corrected chi connectivity index (χ3v) is 2.84. The molecule has 0 saturated heterocycles. The van der Waals surface area contributed by atoms with Crippen LogP contribution < -0.4 is 9.47 Å². The number of aryl methyl sites for hydroxylation is 1. The topological polar surface area (TPSA) is 18.5 Å². The molecule has 2 heteroatoms. The third kappa shape index (κ3) is 2.21. The number of benzene rings is 1. The minimum atomic E-state index is 0.666. The maximum atomic E-state index is 5.58. The zero-order valence-corrected chi connectivity index (χ0v) is 9.95. The van der Waals surface area contributed by atoms with Crippen molar-refractivity contribution < 1.29 is 9.47 Å². The van der Waals surface area contributed by atoms with E-state index in [1.54, 1.807) is 7.11 Å². The van der Waals surface area contributed by atoms with Gasteiger partial charge in [-0.3, -0.25) is 0 Å². The molecule has 0 saturated carbocycles. The average Bonchev–Trinajstić information content (AvgIpc) is 2.53. The summed E-state index contributed by atoms with van der Waals surface area (Å²) >= 11 is 0. The van der Waals surface area contributed by atoms with Crippen molar-refractivity contribution >= 4 is 6.08 Å². The van der Waals surface area contributed by atoms with Crippen LogP contribution in [0.25, 0.3) is 6.08 Å². The quantitative estimate of drug-likeness (QED) is 0.773. The highest BCUT2D eigenvalue weighted by Crippen LogP contribution is 2.33. The summed E-state index contributed by atoms with van der Waals surface area (Å²) in [6.07, 6.45) is 7.89. The van der Waals surface area contributed by atoms with E-state index >= 15 is 0 Å². The molecule has 16 heavy (non-hydrogen) atoms.